The van der Waals surface area contributed by atoms with Gasteiger partial charge < -0.3 is 14.8 Å². The molecule has 28 heavy (non-hydrogen) atoms. The molecule has 1 aliphatic heterocycles. The van der Waals surface area contributed by atoms with Crippen LogP contribution in [-0.4, -0.2) is 28.1 Å². The largest absolute Gasteiger partial charge is 0.470 e. The molecule has 1 spiro atoms. The highest BCUT2D eigenvalue weighted by molar-refractivity contribution is 5.82. The molecule has 1 fully saturated rings. The van der Waals surface area contributed by atoms with Crippen LogP contribution in [0.4, 0.5) is 4.79 Å². The van der Waals surface area contributed by atoms with Crippen LogP contribution in [0.15, 0.2) is 12.3 Å². The Labute approximate surface area is 167 Å². The van der Waals surface area contributed by atoms with Crippen molar-refractivity contribution in [2.24, 2.45) is 5.41 Å². The zero-order valence-corrected chi connectivity index (χ0v) is 17.8. The fraction of sp³-hybridized carbons (Fsp3) is 0.682. The summed E-state index contributed by atoms with van der Waals surface area (Å²) in [6, 6.07) is 1.77. The summed E-state index contributed by atoms with van der Waals surface area (Å²) in [6.07, 6.45) is 4.32. The van der Waals surface area contributed by atoms with Crippen LogP contribution in [-0.2, 0) is 16.0 Å². The van der Waals surface area contributed by atoms with Gasteiger partial charge in [0, 0.05) is 31.0 Å². The number of aromatic nitrogens is 1. The first-order chi connectivity index (χ1) is 12.8. The van der Waals surface area contributed by atoms with Crippen LogP contribution in [0.5, 0.6) is 5.88 Å². The molecule has 6 nitrogen and oxygen atoms in total. The summed E-state index contributed by atoms with van der Waals surface area (Å²) in [5, 5.41) is 3.00. The monoisotopic (exact) mass is 388 g/mol. The second kappa shape index (κ2) is 7.05. The Morgan fingerprint density at radius 3 is 2.61 bits per heavy atom. The maximum atomic E-state index is 12.5. The second-order valence-electron chi connectivity index (χ2n) is 10.4. The molecule has 1 aromatic heterocycles. The zero-order valence-electron chi connectivity index (χ0n) is 17.8. The van der Waals surface area contributed by atoms with Crippen LogP contribution in [0.1, 0.15) is 84.4 Å². The number of fused-ring (bicyclic) bond motifs is 1. The van der Waals surface area contributed by atoms with E-state index in [9.17, 15) is 9.59 Å². The van der Waals surface area contributed by atoms with E-state index in [-0.39, 0.29) is 17.2 Å². The zero-order chi connectivity index (χ0) is 20.7. The molecule has 154 valence electrons. The SMILES string of the molecule is CC(C)(C)Cc1cnc2c(c1)[C@@H](NC(=O)OC(C)(C)C)CC1(CCC(=O)C1)O2. The van der Waals surface area contributed by atoms with Crippen LogP contribution in [0, 0.1) is 5.41 Å². The van der Waals surface area contributed by atoms with Crippen molar-refractivity contribution in [2.75, 3.05) is 0 Å². The van der Waals surface area contributed by atoms with Crippen molar-refractivity contribution in [3.8, 4) is 5.88 Å². The number of Topliss-reactive ketones (excluding diaryl/α,β-unsaturated/α-hetero) is 1. The van der Waals surface area contributed by atoms with Crippen LogP contribution in [0.2, 0.25) is 0 Å². The summed E-state index contributed by atoms with van der Waals surface area (Å²) in [6.45, 7) is 12.1. The Balaban J connectivity index is 1.90. The van der Waals surface area contributed by atoms with Gasteiger partial charge in [0.1, 0.15) is 17.0 Å². The average Bonchev–Trinajstić information content (AvgIpc) is 2.84. The topological polar surface area (TPSA) is 77.5 Å². The average molecular weight is 389 g/mol. The number of alkyl carbamates (subject to hydrolysis) is 1. The third-order valence-corrected chi connectivity index (χ3v) is 5.00. The number of ether oxygens (including phenoxy) is 2. The third-order valence-electron chi connectivity index (χ3n) is 5.00. The van der Waals surface area contributed by atoms with Gasteiger partial charge in [-0.3, -0.25) is 4.79 Å². The molecule has 2 aliphatic rings. The van der Waals surface area contributed by atoms with E-state index in [2.05, 4.69) is 37.1 Å². The summed E-state index contributed by atoms with van der Waals surface area (Å²) >= 11 is 0. The van der Waals surface area contributed by atoms with E-state index in [1.165, 1.54) is 0 Å². The van der Waals surface area contributed by atoms with E-state index >= 15 is 0 Å². The Kier molecular flexibility index (Phi) is 5.19. The third kappa shape index (κ3) is 5.03. The lowest BCUT2D eigenvalue weighted by atomic mass is 9.84. The van der Waals surface area contributed by atoms with Gasteiger partial charge in [-0.15, -0.1) is 0 Å². The van der Waals surface area contributed by atoms with Gasteiger partial charge in [-0.25, -0.2) is 9.78 Å². The number of ketones is 1. The van der Waals surface area contributed by atoms with E-state index in [0.29, 0.717) is 31.6 Å². The number of carbonyl (C=O) groups excluding carboxylic acids is 2. The highest BCUT2D eigenvalue weighted by Gasteiger charge is 2.47. The number of hydrogen-bond donors (Lipinski definition) is 1. The molecule has 6 heteroatoms. The summed E-state index contributed by atoms with van der Waals surface area (Å²) in [4.78, 5) is 29.0. The van der Waals surface area contributed by atoms with E-state index in [4.69, 9.17) is 9.47 Å². The van der Waals surface area contributed by atoms with E-state index in [0.717, 1.165) is 17.5 Å². The van der Waals surface area contributed by atoms with Crippen LogP contribution in [0.25, 0.3) is 0 Å². The Hall–Kier alpha value is -2.11. The van der Waals surface area contributed by atoms with Crippen molar-refractivity contribution in [3.05, 3.63) is 23.4 Å². The first-order valence-electron chi connectivity index (χ1n) is 10.0. The van der Waals surface area contributed by atoms with Gasteiger partial charge in [0.05, 0.1) is 6.04 Å². The first kappa shape index (κ1) is 20.6. The normalized spacial score (nSPS) is 24.6. The summed E-state index contributed by atoms with van der Waals surface area (Å²) in [5.74, 6) is 0.712. The van der Waals surface area contributed by atoms with Crippen molar-refractivity contribution in [1.82, 2.24) is 10.3 Å². The second-order valence-corrected chi connectivity index (χ2v) is 10.4. The van der Waals surface area contributed by atoms with E-state index in [1.54, 1.807) is 0 Å². The molecule has 1 aliphatic carbocycles. The molecule has 0 saturated heterocycles. The Bertz CT molecular complexity index is 776. The lowest BCUT2D eigenvalue weighted by Gasteiger charge is -2.39. The standard InChI is InChI=1S/C22H32N2O4/c1-20(2,3)10-14-9-16-17(24-19(26)28-21(4,5)6)12-22(8-7-15(25)11-22)27-18(16)23-13-14/h9,13,17H,7-8,10-12H2,1-6H3,(H,24,26)/t17-,22?/m0/s1. The minimum atomic E-state index is -0.581. The number of rotatable bonds is 2. The molecule has 0 aromatic carbocycles. The molecule has 0 radical (unpaired) electrons. The fourth-order valence-corrected chi connectivity index (χ4v) is 4.03. The smallest absolute Gasteiger partial charge is 0.408 e. The van der Waals surface area contributed by atoms with Crippen LogP contribution < -0.4 is 10.1 Å². The predicted octanol–water partition coefficient (Wildman–Crippen LogP) is 4.51. The van der Waals surface area contributed by atoms with Crippen molar-refractivity contribution in [2.45, 2.75) is 90.9 Å². The van der Waals surface area contributed by atoms with Crippen LogP contribution in [0.3, 0.4) is 0 Å². The minimum absolute atomic E-state index is 0.124. The van der Waals surface area contributed by atoms with Gasteiger partial charge in [-0.05, 0) is 50.7 Å². The van der Waals surface area contributed by atoms with Gasteiger partial charge in [0.15, 0.2) is 0 Å². The van der Waals surface area contributed by atoms with Crippen LogP contribution >= 0.6 is 0 Å². The molecule has 1 amide bonds. The minimum Gasteiger partial charge on any atom is -0.470 e. The summed E-state index contributed by atoms with van der Waals surface area (Å²) < 4.78 is 11.7. The number of amides is 1. The maximum absolute atomic E-state index is 12.5. The molecule has 1 unspecified atom stereocenters. The molecule has 3 rings (SSSR count). The number of pyridine rings is 1. The van der Waals surface area contributed by atoms with E-state index in [1.807, 2.05) is 27.0 Å². The summed E-state index contributed by atoms with van der Waals surface area (Å²) in [7, 11) is 0. The highest BCUT2D eigenvalue weighted by Crippen LogP contribution is 2.45. The molecule has 1 N–H and O–H groups in total. The number of carbonyl (C=O) groups is 2. The quantitative estimate of drug-likeness (QED) is 0.806. The molecule has 1 aromatic rings. The van der Waals surface area contributed by atoms with Gasteiger partial charge in [0.2, 0.25) is 5.88 Å². The van der Waals surface area contributed by atoms with Crippen molar-refractivity contribution in [1.29, 1.82) is 0 Å². The van der Waals surface area contributed by atoms with Crippen molar-refractivity contribution in [3.63, 3.8) is 0 Å². The fourth-order valence-electron chi connectivity index (χ4n) is 4.03. The Morgan fingerprint density at radius 2 is 2.04 bits per heavy atom. The molecular formula is C22H32N2O4. The van der Waals surface area contributed by atoms with Gasteiger partial charge in [0.25, 0.3) is 0 Å². The lowest BCUT2D eigenvalue weighted by molar-refractivity contribution is -0.118. The van der Waals surface area contributed by atoms with Crippen molar-refractivity contribution < 1.29 is 19.1 Å². The highest BCUT2D eigenvalue weighted by atomic mass is 16.6. The Morgan fingerprint density at radius 1 is 1.32 bits per heavy atom. The molecule has 2 heterocycles. The number of hydrogen-bond acceptors (Lipinski definition) is 5. The molecular weight excluding hydrogens is 356 g/mol. The number of nitrogens with zero attached hydrogens (tertiary/aromatic N) is 1. The van der Waals surface area contributed by atoms with Gasteiger partial charge in [-0.2, -0.15) is 0 Å². The van der Waals surface area contributed by atoms with Gasteiger partial charge in [-0.1, -0.05) is 20.8 Å². The maximum Gasteiger partial charge on any atom is 0.408 e. The van der Waals surface area contributed by atoms with Crippen molar-refractivity contribution >= 4 is 11.9 Å². The molecule has 0 bridgehead atoms. The first-order valence-corrected chi connectivity index (χ1v) is 10.0. The number of nitrogens with one attached hydrogen (secondary N) is 1. The lowest BCUT2D eigenvalue weighted by Crippen LogP contribution is -2.45. The predicted molar refractivity (Wildman–Crippen MR) is 106 cm³/mol. The summed E-state index contributed by atoms with van der Waals surface area (Å²) in [5.41, 5.74) is 0.925. The van der Waals surface area contributed by atoms with E-state index < -0.39 is 17.3 Å². The molecule has 1 saturated carbocycles. The van der Waals surface area contributed by atoms with Gasteiger partial charge >= 0.3 is 6.09 Å². The molecule has 2 atom stereocenters.